The summed E-state index contributed by atoms with van der Waals surface area (Å²) in [5, 5.41) is 0. The number of ether oxygens (including phenoxy) is 1. The van der Waals surface area contributed by atoms with E-state index in [0.717, 1.165) is 12.3 Å². The van der Waals surface area contributed by atoms with Crippen molar-refractivity contribution in [1.29, 1.82) is 0 Å². The summed E-state index contributed by atoms with van der Waals surface area (Å²) in [6.07, 6.45) is 5.13. The first-order valence-corrected chi connectivity index (χ1v) is 6.64. The maximum Gasteiger partial charge on any atom is 0.129 e. The second-order valence-electron chi connectivity index (χ2n) is 5.74. The average molecular weight is 231 g/mol. The van der Waals surface area contributed by atoms with Crippen LogP contribution in [0.15, 0.2) is 24.3 Å². The second kappa shape index (κ2) is 4.02. The molecule has 0 saturated heterocycles. The molecule has 1 fully saturated rings. The number of hydrogen-bond acceptors (Lipinski definition) is 2. The molecule has 1 aliphatic heterocycles. The van der Waals surface area contributed by atoms with E-state index in [1.165, 1.54) is 31.2 Å². The molecule has 0 aromatic heterocycles. The summed E-state index contributed by atoms with van der Waals surface area (Å²) in [5.41, 5.74) is 1.49. The van der Waals surface area contributed by atoms with Crippen molar-refractivity contribution in [3.8, 4) is 5.75 Å². The summed E-state index contributed by atoms with van der Waals surface area (Å²) >= 11 is 0. The third-order valence-corrected chi connectivity index (χ3v) is 4.17. The van der Waals surface area contributed by atoms with E-state index in [1.54, 1.807) is 0 Å². The normalized spacial score (nSPS) is 30.9. The fraction of sp³-hybridized carbons (Fsp3) is 0.600. The highest BCUT2D eigenvalue weighted by atomic mass is 16.5. The second-order valence-corrected chi connectivity index (χ2v) is 5.74. The molecule has 1 aliphatic carbocycles. The fourth-order valence-corrected chi connectivity index (χ4v) is 3.61. The maximum absolute atomic E-state index is 6.37. The van der Waals surface area contributed by atoms with Crippen molar-refractivity contribution in [1.82, 2.24) is 4.90 Å². The van der Waals surface area contributed by atoms with Crippen LogP contribution in [0.4, 0.5) is 0 Å². The summed E-state index contributed by atoms with van der Waals surface area (Å²) in [4.78, 5) is 2.27. The van der Waals surface area contributed by atoms with Gasteiger partial charge in [-0.15, -0.1) is 0 Å². The van der Waals surface area contributed by atoms with Crippen molar-refractivity contribution >= 4 is 0 Å². The van der Waals surface area contributed by atoms with Gasteiger partial charge in [-0.25, -0.2) is 0 Å². The molecular weight excluding hydrogens is 210 g/mol. The molecule has 2 heteroatoms. The number of hydrogen-bond donors (Lipinski definition) is 0. The minimum atomic E-state index is 0.0471. The molecule has 0 spiro atoms. The molecule has 3 rings (SSSR count). The zero-order valence-electron chi connectivity index (χ0n) is 10.8. The number of fused-ring (bicyclic) bond motifs is 3. The number of nitrogens with zero attached hydrogens (tertiary/aromatic N) is 1. The van der Waals surface area contributed by atoms with E-state index in [4.69, 9.17) is 4.74 Å². The maximum atomic E-state index is 6.37. The largest absolute Gasteiger partial charge is 0.485 e. The molecule has 1 heterocycles. The van der Waals surface area contributed by atoms with Crippen LogP contribution in [0.3, 0.4) is 0 Å². The van der Waals surface area contributed by atoms with Crippen molar-refractivity contribution in [3.63, 3.8) is 0 Å². The molecule has 0 radical (unpaired) electrons. The topological polar surface area (TPSA) is 12.5 Å². The zero-order chi connectivity index (χ0) is 11.9. The Hall–Kier alpha value is -1.02. The van der Waals surface area contributed by atoms with Gasteiger partial charge in [-0.1, -0.05) is 24.6 Å². The fourth-order valence-electron chi connectivity index (χ4n) is 3.61. The number of para-hydroxylation sites is 1. The first kappa shape index (κ1) is 11.1. The minimum absolute atomic E-state index is 0.0471. The highest BCUT2D eigenvalue weighted by Gasteiger charge is 2.49. The Morgan fingerprint density at radius 3 is 2.94 bits per heavy atom. The van der Waals surface area contributed by atoms with E-state index in [1.807, 2.05) is 0 Å². The van der Waals surface area contributed by atoms with Gasteiger partial charge in [-0.2, -0.15) is 0 Å². The number of rotatable bonds is 2. The lowest BCUT2D eigenvalue weighted by Gasteiger charge is -2.40. The van der Waals surface area contributed by atoms with Gasteiger partial charge in [-0.3, -0.25) is 0 Å². The van der Waals surface area contributed by atoms with E-state index in [0.29, 0.717) is 5.92 Å². The van der Waals surface area contributed by atoms with Crippen LogP contribution >= 0.6 is 0 Å². The summed E-state index contributed by atoms with van der Waals surface area (Å²) in [6, 6.07) is 8.61. The van der Waals surface area contributed by atoms with Gasteiger partial charge in [0.1, 0.15) is 11.4 Å². The molecule has 2 nitrogen and oxygen atoms in total. The van der Waals surface area contributed by atoms with E-state index < -0.39 is 0 Å². The Labute approximate surface area is 104 Å². The first-order valence-electron chi connectivity index (χ1n) is 6.64. The lowest BCUT2D eigenvalue weighted by atomic mass is 9.73. The summed E-state index contributed by atoms with van der Waals surface area (Å²) < 4.78 is 6.37. The Morgan fingerprint density at radius 2 is 2.12 bits per heavy atom. The molecule has 1 aromatic rings. The Bertz CT molecular complexity index is 415. The molecule has 17 heavy (non-hydrogen) atoms. The van der Waals surface area contributed by atoms with Gasteiger partial charge in [0.05, 0.1) is 0 Å². The third kappa shape index (κ3) is 1.75. The average Bonchev–Trinajstić information content (AvgIpc) is 2.61. The lowest BCUT2D eigenvalue weighted by Crippen LogP contribution is -2.48. The Morgan fingerprint density at radius 1 is 1.29 bits per heavy atom. The van der Waals surface area contributed by atoms with Crippen LogP contribution in [-0.2, 0) is 0 Å². The number of benzene rings is 1. The smallest absolute Gasteiger partial charge is 0.129 e. The predicted molar refractivity (Wildman–Crippen MR) is 69.6 cm³/mol. The van der Waals surface area contributed by atoms with Crippen LogP contribution in [0.2, 0.25) is 0 Å². The quantitative estimate of drug-likeness (QED) is 0.775. The summed E-state index contributed by atoms with van der Waals surface area (Å²) in [7, 11) is 4.29. The molecule has 2 aliphatic rings. The van der Waals surface area contributed by atoms with E-state index in [-0.39, 0.29) is 5.60 Å². The minimum Gasteiger partial charge on any atom is -0.485 e. The zero-order valence-corrected chi connectivity index (χ0v) is 10.8. The molecule has 92 valence electrons. The van der Waals surface area contributed by atoms with Crippen LogP contribution in [0, 0.1) is 0 Å². The summed E-state index contributed by atoms with van der Waals surface area (Å²) in [6.45, 7) is 1.03. The van der Waals surface area contributed by atoms with Crippen LogP contribution in [0.5, 0.6) is 5.75 Å². The highest BCUT2D eigenvalue weighted by molar-refractivity contribution is 5.43. The van der Waals surface area contributed by atoms with E-state index >= 15 is 0 Å². The monoisotopic (exact) mass is 231 g/mol. The van der Waals surface area contributed by atoms with Crippen molar-refractivity contribution in [3.05, 3.63) is 29.8 Å². The molecule has 0 amide bonds. The van der Waals surface area contributed by atoms with Crippen molar-refractivity contribution in [2.45, 2.75) is 37.2 Å². The summed E-state index contributed by atoms with van der Waals surface area (Å²) in [5.74, 6) is 1.73. The molecule has 1 saturated carbocycles. The number of likely N-dealkylation sites (N-methyl/N-ethyl adjacent to an activating group) is 1. The van der Waals surface area contributed by atoms with Gasteiger partial charge in [0, 0.05) is 18.0 Å². The van der Waals surface area contributed by atoms with E-state index in [2.05, 4.69) is 43.3 Å². The third-order valence-electron chi connectivity index (χ3n) is 4.17. The van der Waals surface area contributed by atoms with Crippen molar-refractivity contribution < 1.29 is 4.74 Å². The van der Waals surface area contributed by atoms with Gasteiger partial charge in [-0.05, 0) is 39.4 Å². The van der Waals surface area contributed by atoms with Crippen molar-refractivity contribution in [2.24, 2.45) is 0 Å². The van der Waals surface area contributed by atoms with Crippen LogP contribution < -0.4 is 4.74 Å². The molecule has 2 atom stereocenters. The van der Waals surface area contributed by atoms with E-state index in [9.17, 15) is 0 Å². The predicted octanol–water partition coefficient (Wildman–Crippen LogP) is 3.04. The lowest BCUT2D eigenvalue weighted by molar-refractivity contribution is 0.0125. The van der Waals surface area contributed by atoms with Crippen LogP contribution in [0.1, 0.15) is 37.2 Å². The van der Waals surface area contributed by atoms with Gasteiger partial charge in [0.2, 0.25) is 0 Å². The Kier molecular flexibility index (Phi) is 2.62. The highest BCUT2D eigenvalue weighted by Crippen LogP contribution is 2.52. The molecular formula is C15H21NO. The van der Waals surface area contributed by atoms with Gasteiger partial charge >= 0.3 is 0 Å². The van der Waals surface area contributed by atoms with Gasteiger partial charge in [0.25, 0.3) is 0 Å². The molecule has 0 bridgehead atoms. The van der Waals surface area contributed by atoms with Gasteiger partial charge in [0.15, 0.2) is 0 Å². The van der Waals surface area contributed by atoms with Crippen LogP contribution in [-0.4, -0.2) is 31.1 Å². The van der Waals surface area contributed by atoms with Crippen molar-refractivity contribution in [2.75, 3.05) is 20.6 Å². The standard InChI is InChI=1S/C15H21NO/c1-16(2)11-15-10-6-5-8-13(15)12-7-3-4-9-14(12)17-15/h3-4,7,9,13H,5-6,8,10-11H2,1-2H3. The first-order chi connectivity index (χ1) is 8.21. The van der Waals surface area contributed by atoms with Gasteiger partial charge < -0.3 is 9.64 Å². The Balaban J connectivity index is 1.98. The molecule has 1 aromatic carbocycles. The SMILES string of the molecule is CN(C)CC12CCCCC1c1ccccc1O2. The molecule has 0 N–H and O–H groups in total. The van der Waals surface area contributed by atoms with Crippen LogP contribution in [0.25, 0.3) is 0 Å². The molecule has 2 unspecified atom stereocenters.